The number of aryl methyl sites for hydroxylation is 1. The summed E-state index contributed by atoms with van der Waals surface area (Å²) in [7, 11) is 0. The Morgan fingerprint density at radius 3 is 2.52 bits per heavy atom. The number of benzene rings is 1. The molecule has 1 aliphatic rings. The Kier molecular flexibility index (Phi) is 4.61. The monoisotopic (exact) mass is 340 g/mol. The Bertz CT molecular complexity index is 795. The normalized spacial score (nSPS) is 17.4. The van der Waals surface area contributed by atoms with Crippen molar-refractivity contribution in [1.82, 2.24) is 14.7 Å². The number of carbonyl (C=O) groups excluding carboxylic acids is 2. The predicted molar refractivity (Wildman–Crippen MR) is 96.6 cm³/mol. The highest BCUT2D eigenvalue weighted by Gasteiger charge is 2.36. The maximum absolute atomic E-state index is 12.7. The maximum atomic E-state index is 12.7. The van der Waals surface area contributed by atoms with Gasteiger partial charge in [0.2, 0.25) is 11.8 Å². The lowest BCUT2D eigenvalue weighted by Gasteiger charge is -2.20. The molecule has 1 aromatic heterocycles. The standard InChI is InChI=1S/C19H24N4O2/c1-12(2)22-11-15(10-17(22)24)19(25)20-18-13(3)21-23(14(18)4)16-8-6-5-7-9-16/h5-9,12,15H,10-11H2,1-4H3,(H,20,25)/t15-/m1/s1. The third kappa shape index (κ3) is 3.29. The fourth-order valence-corrected chi connectivity index (χ4v) is 3.28. The first kappa shape index (κ1) is 17.2. The highest BCUT2D eigenvalue weighted by Crippen LogP contribution is 2.26. The van der Waals surface area contributed by atoms with Gasteiger partial charge in [-0.15, -0.1) is 0 Å². The number of carbonyl (C=O) groups is 2. The van der Waals surface area contributed by atoms with Gasteiger partial charge in [0.15, 0.2) is 0 Å². The minimum Gasteiger partial charge on any atom is -0.339 e. The van der Waals surface area contributed by atoms with Gasteiger partial charge in [0.1, 0.15) is 0 Å². The van der Waals surface area contributed by atoms with Crippen molar-refractivity contribution >= 4 is 17.5 Å². The van der Waals surface area contributed by atoms with Gasteiger partial charge in [0.25, 0.3) is 0 Å². The van der Waals surface area contributed by atoms with Gasteiger partial charge in [-0.3, -0.25) is 9.59 Å². The summed E-state index contributed by atoms with van der Waals surface area (Å²) in [5.74, 6) is -0.382. The summed E-state index contributed by atoms with van der Waals surface area (Å²) in [6.45, 7) is 8.23. The SMILES string of the molecule is Cc1nn(-c2ccccc2)c(C)c1NC(=O)[C@@H]1CC(=O)N(C(C)C)C1. The molecular formula is C19H24N4O2. The van der Waals surface area contributed by atoms with Crippen molar-refractivity contribution in [2.24, 2.45) is 5.92 Å². The summed E-state index contributed by atoms with van der Waals surface area (Å²) < 4.78 is 1.82. The number of likely N-dealkylation sites (tertiary alicyclic amines) is 1. The van der Waals surface area contributed by atoms with E-state index in [1.807, 2.05) is 62.7 Å². The van der Waals surface area contributed by atoms with Crippen molar-refractivity contribution < 1.29 is 9.59 Å². The van der Waals surface area contributed by atoms with Crippen LogP contribution in [0.15, 0.2) is 30.3 Å². The molecule has 1 aromatic carbocycles. The van der Waals surface area contributed by atoms with Gasteiger partial charge in [0.05, 0.1) is 28.7 Å². The molecule has 25 heavy (non-hydrogen) atoms. The van der Waals surface area contributed by atoms with Crippen LogP contribution < -0.4 is 5.32 Å². The van der Waals surface area contributed by atoms with E-state index in [4.69, 9.17) is 0 Å². The molecule has 1 saturated heterocycles. The molecule has 2 aromatic rings. The van der Waals surface area contributed by atoms with E-state index in [0.717, 1.165) is 22.8 Å². The van der Waals surface area contributed by atoms with Crippen molar-refractivity contribution in [3.8, 4) is 5.69 Å². The summed E-state index contributed by atoms with van der Waals surface area (Å²) in [6.07, 6.45) is 0.273. The zero-order chi connectivity index (χ0) is 18.1. The number of rotatable bonds is 4. The quantitative estimate of drug-likeness (QED) is 0.930. The molecule has 2 amide bonds. The van der Waals surface area contributed by atoms with Crippen LogP contribution in [0, 0.1) is 19.8 Å². The van der Waals surface area contributed by atoms with Gasteiger partial charge in [-0.1, -0.05) is 18.2 Å². The Morgan fingerprint density at radius 2 is 1.92 bits per heavy atom. The summed E-state index contributed by atoms with van der Waals surface area (Å²) in [6, 6.07) is 9.93. The second-order valence-electron chi connectivity index (χ2n) is 6.82. The van der Waals surface area contributed by atoms with Crippen molar-refractivity contribution in [3.63, 3.8) is 0 Å². The molecular weight excluding hydrogens is 316 g/mol. The average Bonchev–Trinajstić information content (AvgIpc) is 3.11. The van der Waals surface area contributed by atoms with Crippen molar-refractivity contribution in [2.45, 2.75) is 40.2 Å². The number of hydrogen-bond acceptors (Lipinski definition) is 3. The van der Waals surface area contributed by atoms with E-state index >= 15 is 0 Å². The number of hydrogen-bond donors (Lipinski definition) is 1. The fourth-order valence-electron chi connectivity index (χ4n) is 3.28. The molecule has 2 heterocycles. The van der Waals surface area contributed by atoms with Crippen molar-refractivity contribution in [2.75, 3.05) is 11.9 Å². The van der Waals surface area contributed by atoms with Crippen LogP contribution in [0.3, 0.4) is 0 Å². The minimum absolute atomic E-state index is 0.0450. The number of nitrogens with one attached hydrogen (secondary N) is 1. The first-order valence-corrected chi connectivity index (χ1v) is 8.60. The molecule has 6 nitrogen and oxygen atoms in total. The van der Waals surface area contributed by atoms with Crippen LogP contribution in [0.4, 0.5) is 5.69 Å². The van der Waals surface area contributed by atoms with Gasteiger partial charge in [-0.05, 0) is 39.8 Å². The van der Waals surface area contributed by atoms with E-state index in [0.29, 0.717) is 6.54 Å². The molecule has 0 saturated carbocycles. The highest BCUT2D eigenvalue weighted by atomic mass is 16.2. The van der Waals surface area contributed by atoms with Crippen LogP contribution in [-0.4, -0.2) is 39.1 Å². The molecule has 0 unspecified atom stereocenters. The average molecular weight is 340 g/mol. The van der Waals surface area contributed by atoms with Crippen LogP contribution in [0.5, 0.6) is 0 Å². The molecule has 0 spiro atoms. The number of para-hydroxylation sites is 1. The van der Waals surface area contributed by atoms with E-state index in [9.17, 15) is 9.59 Å². The second-order valence-corrected chi connectivity index (χ2v) is 6.82. The Labute approximate surface area is 147 Å². The third-order valence-electron chi connectivity index (χ3n) is 4.69. The Balaban J connectivity index is 1.79. The molecule has 1 fully saturated rings. The van der Waals surface area contributed by atoms with Gasteiger partial charge in [-0.25, -0.2) is 4.68 Å². The summed E-state index contributed by atoms with van der Waals surface area (Å²) in [5.41, 5.74) is 3.32. The highest BCUT2D eigenvalue weighted by molar-refractivity contribution is 5.98. The van der Waals surface area contributed by atoms with Gasteiger partial charge in [-0.2, -0.15) is 5.10 Å². The third-order valence-corrected chi connectivity index (χ3v) is 4.69. The van der Waals surface area contributed by atoms with E-state index in [1.165, 1.54) is 0 Å². The van der Waals surface area contributed by atoms with Crippen LogP contribution in [-0.2, 0) is 9.59 Å². The van der Waals surface area contributed by atoms with Gasteiger partial charge in [0, 0.05) is 19.0 Å². The molecule has 0 bridgehead atoms. The van der Waals surface area contributed by atoms with Crippen LogP contribution in [0.2, 0.25) is 0 Å². The Hall–Kier alpha value is -2.63. The molecule has 1 aliphatic heterocycles. The molecule has 132 valence electrons. The summed E-state index contributed by atoms with van der Waals surface area (Å²) >= 11 is 0. The van der Waals surface area contributed by atoms with Crippen LogP contribution >= 0.6 is 0 Å². The number of aromatic nitrogens is 2. The number of amides is 2. The summed E-state index contributed by atoms with van der Waals surface area (Å²) in [5, 5.41) is 7.53. The molecule has 6 heteroatoms. The van der Waals surface area contributed by atoms with E-state index < -0.39 is 0 Å². The zero-order valence-electron chi connectivity index (χ0n) is 15.1. The number of anilines is 1. The lowest BCUT2D eigenvalue weighted by molar-refractivity contribution is -0.129. The molecule has 1 atom stereocenters. The molecule has 1 N–H and O–H groups in total. The van der Waals surface area contributed by atoms with Crippen molar-refractivity contribution in [1.29, 1.82) is 0 Å². The first-order valence-electron chi connectivity index (χ1n) is 8.60. The molecule has 3 rings (SSSR count). The van der Waals surface area contributed by atoms with E-state index in [2.05, 4.69) is 10.4 Å². The van der Waals surface area contributed by atoms with Gasteiger partial charge < -0.3 is 10.2 Å². The fraction of sp³-hybridized carbons (Fsp3) is 0.421. The maximum Gasteiger partial charge on any atom is 0.229 e. The smallest absolute Gasteiger partial charge is 0.229 e. The molecule has 0 radical (unpaired) electrons. The first-order chi connectivity index (χ1) is 11.9. The van der Waals surface area contributed by atoms with E-state index in [1.54, 1.807) is 4.90 Å². The minimum atomic E-state index is -0.311. The number of nitrogens with zero attached hydrogens (tertiary/aromatic N) is 3. The topological polar surface area (TPSA) is 67.2 Å². The van der Waals surface area contributed by atoms with Gasteiger partial charge >= 0.3 is 0 Å². The lowest BCUT2D eigenvalue weighted by atomic mass is 10.1. The molecule has 0 aliphatic carbocycles. The van der Waals surface area contributed by atoms with Crippen LogP contribution in [0.1, 0.15) is 31.7 Å². The second kappa shape index (κ2) is 6.70. The van der Waals surface area contributed by atoms with Crippen LogP contribution in [0.25, 0.3) is 5.69 Å². The lowest BCUT2D eigenvalue weighted by Crippen LogP contribution is -2.33. The largest absolute Gasteiger partial charge is 0.339 e. The summed E-state index contributed by atoms with van der Waals surface area (Å²) in [4.78, 5) is 26.4. The predicted octanol–water partition coefficient (Wildman–Crippen LogP) is 2.68. The van der Waals surface area contributed by atoms with E-state index in [-0.39, 0.29) is 30.2 Å². The Morgan fingerprint density at radius 1 is 1.24 bits per heavy atom. The zero-order valence-corrected chi connectivity index (χ0v) is 15.1. The van der Waals surface area contributed by atoms with Crippen molar-refractivity contribution in [3.05, 3.63) is 41.7 Å².